The van der Waals surface area contributed by atoms with E-state index in [0.29, 0.717) is 38.5 Å². The molecule has 4 atom stereocenters. The molecule has 274 valence electrons. The van der Waals surface area contributed by atoms with Crippen LogP contribution in [-0.2, 0) is 19.4 Å². The maximum absolute atomic E-state index is 15.1. The number of carbonyl (C=O) groups excluding carboxylic acids is 3. The SMILES string of the molecule is COc1cc(F)c(O[C@H]2CC[C@@H](NC(=O)OC(C)(C)C)CC2)cc1C(=O)N[C@@H]1[C@H]2CC[C@H](C2)[C@@H]1C(=O)Nc1cccc(S(=O)(=O)C(F)(F)F)c1. The predicted molar refractivity (Wildman–Crippen MR) is 173 cm³/mol. The van der Waals surface area contributed by atoms with Gasteiger partial charge in [0.15, 0.2) is 11.6 Å². The third-order valence-electron chi connectivity index (χ3n) is 9.42. The van der Waals surface area contributed by atoms with Gasteiger partial charge >= 0.3 is 11.6 Å². The zero-order valence-electron chi connectivity index (χ0n) is 28.1. The van der Waals surface area contributed by atoms with E-state index >= 15 is 4.39 Å². The van der Waals surface area contributed by atoms with Crippen molar-refractivity contribution in [2.24, 2.45) is 17.8 Å². The smallest absolute Gasteiger partial charge is 0.496 e. The molecule has 3 aliphatic rings. The molecule has 3 N–H and O–H groups in total. The minimum Gasteiger partial charge on any atom is -0.496 e. The number of methoxy groups -OCH3 is 1. The van der Waals surface area contributed by atoms with E-state index in [-0.39, 0.29) is 46.7 Å². The average molecular weight is 728 g/mol. The van der Waals surface area contributed by atoms with Crippen LogP contribution in [0.5, 0.6) is 11.5 Å². The van der Waals surface area contributed by atoms with Crippen molar-refractivity contribution >= 4 is 33.4 Å². The summed E-state index contributed by atoms with van der Waals surface area (Å²) >= 11 is 0. The Morgan fingerprint density at radius 3 is 2.20 bits per heavy atom. The number of sulfone groups is 1. The number of anilines is 1. The van der Waals surface area contributed by atoms with Gasteiger partial charge in [0.05, 0.1) is 29.6 Å². The van der Waals surface area contributed by atoms with Gasteiger partial charge < -0.3 is 30.2 Å². The molecule has 0 saturated heterocycles. The molecule has 3 fully saturated rings. The van der Waals surface area contributed by atoms with Gasteiger partial charge in [-0.15, -0.1) is 0 Å². The Balaban J connectivity index is 1.26. The Morgan fingerprint density at radius 1 is 0.880 bits per heavy atom. The van der Waals surface area contributed by atoms with Crippen molar-refractivity contribution in [2.45, 2.75) is 99.9 Å². The Morgan fingerprint density at radius 2 is 1.56 bits per heavy atom. The van der Waals surface area contributed by atoms with E-state index in [4.69, 9.17) is 14.2 Å². The van der Waals surface area contributed by atoms with Crippen LogP contribution < -0.4 is 25.4 Å². The third-order valence-corrected chi connectivity index (χ3v) is 10.9. The fraction of sp³-hybridized carbons (Fsp3) is 0.559. The molecule has 5 rings (SSSR count). The van der Waals surface area contributed by atoms with Gasteiger partial charge in [-0.05, 0) is 102 Å². The molecule has 0 spiro atoms. The molecular formula is C34H41F4N3O8S. The number of hydrogen-bond acceptors (Lipinski definition) is 8. The quantitative estimate of drug-likeness (QED) is 0.262. The molecule has 16 heteroatoms. The van der Waals surface area contributed by atoms with Crippen molar-refractivity contribution in [3.8, 4) is 11.5 Å². The number of rotatable bonds is 9. The van der Waals surface area contributed by atoms with Gasteiger partial charge in [-0.25, -0.2) is 17.6 Å². The van der Waals surface area contributed by atoms with Crippen molar-refractivity contribution in [1.29, 1.82) is 0 Å². The van der Waals surface area contributed by atoms with E-state index in [1.54, 1.807) is 20.8 Å². The Labute approximate surface area is 287 Å². The molecule has 0 aliphatic heterocycles. The number of ether oxygens (including phenoxy) is 3. The number of alkyl carbamates (subject to hydrolysis) is 1. The summed E-state index contributed by atoms with van der Waals surface area (Å²) in [6.45, 7) is 5.31. The van der Waals surface area contributed by atoms with Crippen LogP contribution >= 0.6 is 0 Å². The zero-order valence-corrected chi connectivity index (χ0v) is 28.9. The van der Waals surface area contributed by atoms with Crippen LogP contribution in [0.15, 0.2) is 41.3 Å². The van der Waals surface area contributed by atoms with Crippen LogP contribution in [0.25, 0.3) is 0 Å². The summed E-state index contributed by atoms with van der Waals surface area (Å²) in [4.78, 5) is 38.4. The van der Waals surface area contributed by atoms with E-state index in [2.05, 4.69) is 16.0 Å². The number of nitrogens with one attached hydrogen (secondary N) is 3. The highest BCUT2D eigenvalue weighted by Gasteiger charge is 2.52. The molecule has 3 amide bonds. The molecule has 0 radical (unpaired) electrons. The second-order valence-electron chi connectivity index (χ2n) is 14.0. The lowest BCUT2D eigenvalue weighted by Crippen LogP contribution is -2.48. The predicted octanol–water partition coefficient (Wildman–Crippen LogP) is 6.13. The first-order valence-electron chi connectivity index (χ1n) is 16.4. The van der Waals surface area contributed by atoms with Crippen LogP contribution in [-0.4, -0.2) is 62.7 Å². The minimum atomic E-state index is -5.63. The van der Waals surface area contributed by atoms with Crippen LogP contribution in [0.4, 0.5) is 28.0 Å². The first kappa shape index (κ1) is 37.2. The molecule has 2 aromatic carbocycles. The summed E-state index contributed by atoms with van der Waals surface area (Å²) in [6.07, 6.45) is 3.35. The molecule has 50 heavy (non-hydrogen) atoms. The average Bonchev–Trinajstić information content (AvgIpc) is 3.63. The summed E-state index contributed by atoms with van der Waals surface area (Å²) in [5, 5.41) is 8.29. The maximum Gasteiger partial charge on any atom is 0.501 e. The van der Waals surface area contributed by atoms with Gasteiger partial charge in [-0.1, -0.05) is 6.07 Å². The molecule has 0 aromatic heterocycles. The summed E-state index contributed by atoms with van der Waals surface area (Å²) < 4.78 is 94.9. The van der Waals surface area contributed by atoms with E-state index in [9.17, 15) is 36.0 Å². The van der Waals surface area contributed by atoms with Gasteiger partial charge in [0.25, 0.3) is 15.7 Å². The van der Waals surface area contributed by atoms with Crippen LogP contribution in [0.2, 0.25) is 0 Å². The lowest BCUT2D eigenvalue weighted by molar-refractivity contribution is -0.122. The topological polar surface area (TPSA) is 149 Å². The molecule has 3 saturated carbocycles. The normalized spacial score (nSPS) is 25.0. The molecule has 3 aliphatic carbocycles. The lowest BCUT2D eigenvalue weighted by Gasteiger charge is -2.31. The third kappa shape index (κ3) is 8.27. The van der Waals surface area contributed by atoms with Crippen molar-refractivity contribution < 1.29 is 54.6 Å². The summed E-state index contributed by atoms with van der Waals surface area (Å²) in [5.41, 5.74) is -6.30. The van der Waals surface area contributed by atoms with Crippen molar-refractivity contribution in [3.05, 3.63) is 47.8 Å². The van der Waals surface area contributed by atoms with E-state index < -0.39 is 61.5 Å². The molecule has 11 nitrogen and oxygen atoms in total. The van der Waals surface area contributed by atoms with Gasteiger partial charge in [-0.2, -0.15) is 13.2 Å². The molecule has 2 aromatic rings. The van der Waals surface area contributed by atoms with Gasteiger partial charge in [-0.3, -0.25) is 9.59 Å². The Kier molecular flexibility index (Phi) is 10.6. The Hall–Kier alpha value is -4.08. The number of amides is 3. The first-order valence-corrected chi connectivity index (χ1v) is 17.9. The number of fused-ring (bicyclic) bond motifs is 2. The number of halogens is 4. The summed E-state index contributed by atoms with van der Waals surface area (Å²) in [6, 6.07) is 5.44. The van der Waals surface area contributed by atoms with Gasteiger partial charge in [0.2, 0.25) is 5.91 Å². The second-order valence-corrected chi connectivity index (χ2v) is 16.0. The monoisotopic (exact) mass is 727 g/mol. The van der Waals surface area contributed by atoms with Gasteiger partial charge in [0.1, 0.15) is 11.4 Å². The highest BCUT2D eigenvalue weighted by atomic mass is 32.2. The molecule has 2 bridgehead atoms. The first-order chi connectivity index (χ1) is 23.4. The minimum absolute atomic E-state index is 0.0174. The fourth-order valence-electron chi connectivity index (χ4n) is 7.16. The fourth-order valence-corrected chi connectivity index (χ4v) is 7.96. The zero-order chi connectivity index (χ0) is 36.6. The highest BCUT2D eigenvalue weighted by molar-refractivity contribution is 7.92. The lowest BCUT2D eigenvalue weighted by atomic mass is 9.83. The summed E-state index contributed by atoms with van der Waals surface area (Å²) in [7, 11) is -4.35. The molecule has 0 unspecified atom stereocenters. The van der Waals surface area contributed by atoms with E-state index in [1.165, 1.54) is 19.2 Å². The van der Waals surface area contributed by atoms with Crippen molar-refractivity contribution in [1.82, 2.24) is 10.6 Å². The largest absolute Gasteiger partial charge is 0.501 e. The van der Waals surface area contributed by atoms with Crippen LogP contribution in [0.3, 0.4) is 0 Å². The number of alkyl halides is 3. The van der Waals surface area contributed by atoms with Gasteiger partial charge in [0, 0.05) is 23.8 Å². The number of benzene rings is 2. The summed E-state index contributed by atoms with van der Waals surface area (Å²) in [5.74, 6) is -3.10. The van der Waals surface area contributed by atoms with Crippen molar-refractivity contribution in [3.63, 3.8) is 0 Å². The van der Waals surface area contributed by atoms with Crippen LogP contribution in [0.1, 0.15) is 76.1 Å². The standard InChI is InChI=1S/C34H41F4N3O8S/c1-33(2,3)49-32(44)40-20-10-12-22(13-11-20)48-27-16-24(26(47-4)17-25(27)35)30(42)41-29-19-9-8-18(14-19)28(29)31(43)39-21-6-5-7-23(15-21)50(45,46)34(36,37)38/h5-7,15-20,22,28-29H,8-14H2,1-4H3,(H,39,43)(H,40,44)(H,41,42)/t18-,19+,20-,22+,28+,29-/m1/s1. The maximum atomic E-state index is 15.1. The molecule has 0 heterocycles. The van der Waals surface area contributed by atoms with E-state index in [0.717, 1.165) is 30.7 Å². The Bertz CT molecular complexity index is 1720. The number of carbonyl (C=O) groups is 3. The van der Waals surface area contributed by atoms with E-state index in [1.807, 2.05) is 0 Å². The second kappa shape index (κ2) is 14.3. The van der Waals surface area contributed by atoms with Crippen LogP contribution in [0, 0.1) is 23.6 Å². The van der Waals surface area contributed by atoms with Crippen molar-refractivity contribution in [2.75, 3.05) is 12.4 Å². The molecular weight excluding hydrogens is 686 g/mol. The number of hydrogen-bond donors (Lipinski definition) is 3. The highest BCUT2D eigenvalue weighted by Crippen LogP contribution is 2.49.